The zero-order valence-electron chi connectivity index (χ0n) is 16.9. The normalized spacial score (nSPS) is 22.8. The van der Waals surface area contributed by atoms with E-state index in [9.17, 15) is 4.79 Å². The van der Waals surface area contributed by atoms with Gasteiger partial charge in [-0.25, -0.2) is 4.79 Å². The maximum absolute atomic E-state index is 12.4. The predicted molar refractivity (Wildman–Crippen MR) is 99.7 cm³/mol. The molecule has 0 aromatic carbocycles. The Morgan fingerprint density at radius 2 is 2.12 bits per heavy atom. The molecule has 2 rings (SSSR count). The summed E-state index contributed by atoms with van der Waals surface area (Å²) in [5.74, 6) is 1.92. The number of rotatable bonds is 4. The van der Waals surface area contributed by atoms with Gasteiger partial charge in [0.25, 0.3) is 0 Å². The van der Waals surface area contributed by atoms with E-state index < -0.39 is 5.60 Å². The average Bonchev–Trinajstić information content (AvgIpc) is 2.82. The number of likely N-dealkylation sites (tertiary alicyclic amines) is 1. The highest BCUT2D eigenvalue weighted by Crippen LogP contribution is 2.31. The summed E-state index contributed by atoms with van der Waals surface area (Å²) in [6, 6.07) is 2.33. The van der Waals surface area contributed by atoms with Crippen molar-refractivity contribution >= 4 is 6.09 Å². The quantitative estimate of drug-likeness (QED) is 0.863. The largest absolute Gasteiger partial charge is 0.466 e. The zero-order valence-corrected chi connectivity index (χ0v) is 16.9. The molecule has 1 fully saturated rings. The lowest BCUT2D eigenvalue weighted by Gasteiger charge is -2.41. The SMILES string of the molecule is Cc1cc(C(C)NCC2(C)CCCN(C(=O)OC(C)(C)C)C2)c(C)o1. The van der Waals surface area contributed by atoms with Gasteiger partial charge in [-0.05, 0) is 65.9 Å². The summed E-state index contributed by atoms with van der Waals surface area (Å²) in [5, 5.41) is 3.63. The van der Waals surface area contributed by atoms with Gasteiger partial charge in [0.2, 0.25) is 0 Å². The second kappa shape index (κ2) is 7.40. The first-order valence-corrected chi connectivity index (χ1v) is 9.27. The number of nitrogens with one attached hydrogen (secondary N) is 1. The molecule has 25 heavy (non-hydrogen) atoms. The van der Waals surface area contributed by atoms with Crippen LogP contribution in [0.3, 0.4) is 0 Å². The third-order valence-electron chi connectivity index (χ3n) is 4.81. The first kappa shape index (κ1) is 19.8. The van der Waals surface area contributed by atoms with E-state index in [0.717, 1.165) is 44.0 Å². The molecule has 2 atom stereocenters. The van der Waals surface area contributed by atoms with Crippen molar-refractivity contribution in [2.24, 2.45) is 5.41 Å². The van der Waals surface area contributed by atoms with Crippen LogP contribution >= 0.6 is 0 Å². The Labute approximate surface area is 152 Å². The van der Waals surface area contributed by atoms with Gasteiger partial charge in [-0.1, -0.05) is 6.92 Å². The van der Waals surface area contributed by atoms with Crippen LogP contribution in [0.5, 0.6) is 0 Å². The van der Waals surface area contributed by atoms with E-state index in [1.54, 1.807) is 0 Å². The fourth-order valence-corrected chi connectivity index (χ4v) is 3.53. The van der Waals surface area contributed by atoms with E-state index in [-0.39, 0.29) is 17.6 Å². The molecule has 1 aromatic rings. The van der Waals surface area contributed by atoms with E-state index in [1.165, 1.54) is 5.56 Å². The third-order valence-corrected chi connectivity index (χ3v) is 4.81. The van der Waals surface area contributed by atoms with Crippen molar-refractivity contribution in [1.29, 1.82) is 0 Å². The van der Waals surface area contributed by atoms with Gasteiger partial charge in [-0.3, -0.25) is 0 Å². The van der Waals surface area contributed by atoms with Crippen molar-refractivity contribution in [3.05, 3.63) is 23.2 Å². The van der Waals surface area contributed by atoms with Crippen molar-refractivity contribution in [1.82, 2.24) is 10.2 Å². The van der Waals surface area contributed by atoms with Crippen LogP contribution in [0.15, 0.2) is 10.5 Å². The van der Waals surface area contributed by atoms with Crippen molar-refractivity contribution in [2.45, 2.75) is 73.0 Å². The minimum atomic E-state index is -0.450. The van der Waals surface area contributed by atoms with E-state index in [1.807, 2.05) is 39.5 Å². The molecule has 1 saturated heterocycles. The van der Waals surface area contributed by atoms with Crippen LogP contribution in [0.1, 0.15) is 70.6 Å². The number of carbonyl (C=O) groups is 1. The summed E-state index contributed by atoms with van der Waals surface area (Å²) in [5.41, 5.74) is 0.811. The topological polar surface area (TPSA) is 54.7 Å². The van der Waals surface area contributed by atoms with Crippen molar-refractivity contribution < 1.29 is 13.9 Å². The van der Waals surface area contributed by atoms with Gasteiger partial charge in [0.05, 0.1) is 0 Å². The van der Waals surface area contributed by atoms with E-state index in [0.29, 0.717) is 0 Å². The molecule has 0 saturated carbocycles. The second-order valence-corrected chi connectivity index (χ2v) is 8.79. The molecule has 0 spiro atoms. The fourth-order valence-electron chi connectivity index (χ4n) is 3.53. The van der Waals surface area contributed by atoms with Crippen molar-refractivity contribution in [2.75, 3.05) is 19.6 Å². The monoisotopic (exact) mass is 350 g/mol. The van der Waals surface area contributed by atoms with Crippen LogP contribution in [-0.4, -0.2) is 36.2 Å². The Hall–Kier alpha value is -1.49. The lowest BCUT2D eigenvalue weighted by molar-refractivity contribution is 0.00652. The van der Waals surface area contributed by atoms with Crippen LogP contribution in [0.4, 0.5) is 4.79 Å². The maximum Gasteiger partial charge on any atom is 0.410 e. The van der Waals surface area contributed by atoms with Crippen molar-refractivity contribution in [3.8, 4) is 0 Å². The van der Waals surface area contributed by atoms with Crippen LogP contribution in [0, 0.1) is 19.3 Å². The molecular formula is C20H34N2O3. The number of hydrogen-bond donors (Lipinski definition) is 1. The molecule has 5 nitrogen and oxygen atoms in total. The minimum Gasteiger partial charge on any atom is -0.466 e. The number of carbonyl (C=O) groups excluding carboxylic acids is 1. The lowest BCUT2D eigenvalue weighted by atomic mass is 9.81. The molecule has 1 amide bonds. The molecule has 1 aliphatic rings. The molecule has 5 heteroatoms. The molecule has 0 radical (unpaired) electrons. The van der Waals surface area contributed by atoms with Gasteiger partial charge in [0.15, 0.2) is 0 Å². The van der Waals surface area contributed by atoms with Gasteiger partial charge in [-0.2, -0.15) is 0 Å². The summed E-state index contributed by atoms with van der Waals surface area (Å²) < 4.78 is 11.2. The molecular weight excluding hydrogens is 316 g/mol. The fraction of sp³-hybridized carbons (Fsp3) is 0.750. The Morgan fingerprint density at radius 1 is 1.44 bits per heavy atom. The Balaban J connectivity index is 1.94. The number of amides is 1. The van der Waals surface area contributed by atoms with Crippen molar-refractivity contribution in [3.63, 3.8) is 0 Å². The van der Waals surface area contributed by atoms with Gasteiger partial charge >= 0.3 is 6.09 Å². The third kappa shape index (κ3) is 5.50. The first-order chi connectivity index (χ1) is 11.5. The molecule has 2 heterocycles. The van der Waals surface area contributed by atoms with Crippen LogP contribution < -0.4 is 5.32 Å². The number of aryl methyl sites for hydroxylation is 2. The smallest absolute Gasteiger partial charge is 0.410 e. The molecule has 142 valence electrons. The maximum atomic E-state index is 12.4. The zero-order chi connectivity index (χ0) is 18.8. The van der Waals surface area contributed by atoms with Crippen LogP contribution in [0.25, 0.3) is 0 Å². The first-order valence-electron chi connectivity index (χ1n) is 9.27. The van der Waals surface area contributed by atoms with Gasteiger partial charge in [0, 0.05) is 31.2 Å². The molecule has 0 aliphatic carbocycles. The predicted octanol–water partition coefficient (Wildman–Crippen LogP) is 4.58. The number of nitrogens with zero attached hydrogens (tertiary/aromatic N) is 1. The van der Waals surface area contributed by atoms with E-state index in [4.69, 9.17) is 9.15 Å². The summed E-state index contributed by atoms with van der Waals surface area (Å²) in [6.45, 7) is 16.5. The molecule has 0 bridgehead atoms. The summed E-state index contributed by atoms with van der Waals surface area (Å²) in [6.07, 6.45) is 1.92. The highest BCUT2D eigenvalue weighted by Gasteiger charge is 2.35. The molecule has 1 N–H and O–H groups in total. The molecule has 1 aromatic heterocycles. The average molecular weight is 351 g/mol. The number of piperidine rings is 1. The highest BCUT2D eigenvalue weighted by atomic mass is 16.6. The van der Waals surface area contributed by atoms with Crippen LogP contribution in [-0.2, 0) is 4.74 Å². The minimum absolute atomic E-state index is 0.0517. The second-order valence-electron chi connectivity index (χ2n) is 8.79. The summed E-state index contributed by atoms with van der Waals surface area (Å²) in [4.78, 5) is 14.2. The molecule has 2 unspecified atom stereocenters. The van der Waals surface area contributed by atoms with E-state index >= 15 is 0 Å². The number of furan rings is 1. The highest BCUT2D eigenvalue weighted by molar-refractivity contribution is 5.68. The number of hydrogen-bond acceptors (Lipinski definition) is 4. The van der Waals surface area contributed by atoms with Gasteiger partial charge in [-0.15, -0.1) is 0 Å². The number of ether oxygens (including phenoxy) is 1. The Morgan fingerprint density at radius 3 is 2.68 bits per heavy atom. The standard InChI is InChI=1S/C20H34N2O3/c1-14-11-17(16(3)24-14)15(2)21-12-20(7)9-8-10-22(13-20)18(23)25-19(4,5)6/h11,15,21H,8-10,12-13H2,1-7H3. The summed E-state index contributed by atoms with van der Waals surface area (Å²) >= 11 is 0. The molecule has 1 aliphatic heterocycles. The van der Waals surface area contributed by atoms with Crippen LogP contribution in [0.2, 0.25) is 0 Å². The van der Waals surface area contributed by atoms with E-state index in [2.05, 4.69) is 25.2 Å². The van der Waals surface area contributed by atoms with Gasteiger partial charge < -0.3 is 19.4 Å². The summed E-state index contributed by atoms with van der Waals surface area (Å²) in [7, 11) is 0. The lowest BCUT2D eigenvalue weighted by Crippen LogP contribution is -2.50. The Bertz CT molecular complexity index is 603. The Kier molecular flexibility index (Phi) is 5.87. The van der Waals surface area contributed by atoms with Gasteiger partial charge in [0.1, 0.15) is 17.1 Å².